The summed E-state index contributed by atoms with van der Waals surface area (Å²) >= 11 is 0. The van der Waals surface area contributed by atoms with Gasteiger partial charge in [0.15, 0.2) is 0 Å². The Bertz CT molecular complexity index is 490. The highest BCUT2D eigenvalue weighted by molar-refractivity contribution is 5.98. The van der Waals surface area contributed by atoms with E-state index < -0.39 is 23.8 Å². The lowest BCUT2D eigenvalue weighted by atomic mass is 10.1. The zero-order chi connectivity index (χ0) is 13.1. The van der Waals surface area contributed by atoms with E-state index in [1.165, 1.54) is 18.6 Å². The maximum absolute atomic E-state index is 12.0. The second-order valence-electron chi connectivity index (χ2n) is 3.68. The first kappa shape index (κ1) is 12.0. The summed E-state index contributed by atoms with van der Waals surface area (Å²) in [4.78, 5) is 42.8. The fraction of sp³-hybridized carbons (Fsp3) is 0.300. The molecule has 2 amide bonds. The fourth-order valence-electron chi connectivity index (χ4n) is 1.63. The molecule has 1 atom stereocenters. The lowest BCUT2D eigenvalue weighted by Gasteiger charge is -2.32. The minimum Gasteiger partial charge on any atom is -0.480 e. The van der Waals surface area contributed by atoms with Crippen molar-refractivity contribution in [3.63, 3.8) is 0 Å². The van der Waals surface area contributed by atoms with E-state index in [2.05, 4.69) is 15.3 Å². The first-order valence-corrected chi connectivity index (χ1v) is 5.16. The normalized spacial score (nSPS) is 19.2. The SMILES string of the molecule is O=C1CN(C(=O)c2cnccn2)C(C(=O)O)CN1. The number of carboxylic acids is 1. The van der Waals surface area contributed by atoms with Gasteiger partial charge < -0.3 is 15.3 Å². The van der Waals surface area contributed by atoms with Gasteiger partial charge in [-0.2, -0.15) is 0 Å². The fourth-order valence-corrected chi connectivity index (χ4v) is 1.63. The monoisotopic (exact) mass is 250 g/mol. The van der Waals surface area contributed by atoms with Crippen LogP contribution in [0.15, 0.2) is 18.6 Å². The molecular formula is C10H10N4O4. The number of rotatable bonds is 2. The van der Waals surface area contributed by atoms with Crippen molar-refractivity contribution in [1.29, 1.82) is 0 Å². The van der Waals surface area contributed by atoms with Crippen LogP contribution in [0, 0.1) is 0 Å². The first-order chi connectivity index (χ1) is 8.59. The van der Waals surface area contributed by atoms with Gasteiger partial charge in [0.2, 0.25) is 5.91 Å². The van der Waals surface area contributed by atoms with Crippen LogP contribution in [-0.4, -0.2) is 56.9 Å². The Balaban J connectivity index is 2.25. The standard InChI is InChI=1S/C10H10N4O4/c15-8-5-14(7(4-13-8)10(17)18)9(16)6-3-11-1-2-12-6/h1-3,7H,4-5H2,(H,13,15)(H,17,18). The number of carbonyl (C=O) groups is 3. The van der Waals surface area contributed by atoms with Gasteiger partial charge in [0, 0.05) is 18.9 Å². The summed E-state index contributed by atoms with van der Waals surface area (Å²) in [6.07, 6.45) is 3.95. The van der Waals surface area contributed by atoms with E-state index in [1.54, 1.807) is 0 Å². The number of piperazine rings is 1. The highest BCUT2D eigenvalue weighted by atomic mass is 16.4. The summed E-state index contributed by atoms with van der Waals surface area (Å²) in [6.45, 7) is -0.410. The summed E-state index contributed by atoms with van der Waals surface area (Å²) < 4.78 is 0. The maximum Gasteiger partial charge on any atom is 0.328 e. The zero-order valence-electron chi connectivity index (χ0n) is 9.24. The van der Waals surface area contributed by atoms with E-state index in [0.29, 0.717) is 0 Å². The molecule has 0 aromatic carbocycles. The van der Waals surface area contributed by atoms with Crippen LogP contribution in [0.4, 0.5) is 0 Å². The molecule has 0 spiro atoms. The predicted octanol–water partition coefficient (Wildman–Crippen LogP) is -1.50. The number of carboxylic acid groups (broad SMARTS) is 1. The number of amides is 2. The van der Waals surface area contributed by atoms with Gasteiger partial charge in [0.05, 0.1) is 6.20 Å². The van der Waals surface area contributed by atoms with Crippen molar-refractivity contribution in [3.8, 4) is 0 Å². The minimum absolute atomic E-state index is 0.0125. The molecule has 8 heteroatoms. The third-order valence-corrected chi connectivity index (χ3v) is 2.51. The molecule has 1 unspecified atom stereocenters. The molecule has 1 aromatic heterocycles. The Labute approximate surface area is 102 Å². The Hall–Kier alpha value is -2.51. The second kappa shape index (κ2) is 4.78. The van der Waals surface area contributed by atoms with Gasteiger partial charge in [-0.15, -0.1) is 0 Å². The van der Waals surface area contributed by atoms with Crippen molar-refractivity contribution in [2.24, 2.45) is 0 Å². The van der Waals surface area contributed by atoms with Gasteiger partial charge in [0.25, 0.3) is 5.91 Å². The smallest absolute Gasteiger partial charge is 0.328 e. The Morgan fingerprint density at radius 1 is 1.44 bits per heavy atom. The minimum atomic E-state index is -1.17. The van der Waals surface area contributed by atoms with Crippen LogP contribution < -0.4 is 5.32 Å². The van der Waals surface area contributed by atoms with Crippen molar-refractivity contribution >= 4 is 17.8 Å². The number of aliphatic carboxylic acids is 1. The summed E-state index contributed by atoms with van der Waals surface area (Å²) in [5.41, 5.74) is 0.0125. The number of hydrogen-bond acceptors (Lipinski definition) is 5. The van der Waals surface area contributed by atoms with Crippen molar-refractivity contribution in [3.05, 3.63) is 24.3 Å². The van der Waals surface area contributed by atoms with Crippen LogP contribution >= 0.6 is 0 Å². The van der Waals surface area contributed by atoms with Gasteiger partial charge in [-0.3, -0.25) is 14.6 Å². The number of hydrogen-bond donors (Lipinski definition) is 2. The largest absolute Gasteiger partial charge is 0.480 e. The van der Waals surface area contributed by atoms with E-state index in [4.69, 9.17) is 5.11 Å². The van der Waals surface area contributed by atoms with Crippen LogP contribution in [-0.2, 0) is 9.59 Å². The number of carbonyl (C=O) groups excluding carboxylic acids is 2. The van der Waals surface area contributed by atoms with Crippen LogP contribution in [0.5, 0.6) is 0 Å². The van der Waals surface area contributed by atoms with Gasteiger partial charge in [0.1, 0.15) is 18.3 Å². The van der Waals surface area contributed by atoms with E-state index >= 15 is 0 Å². The van der Waals surface area contributed by atoms with E-state index in [0.717, 1.165) is 4.90 Å². The maximum atomic E-state index is 12.0. The van der Waals surface area contributed by atoms with Crippen LogP contribution in [0.2, 0.25) is 0 Å². The van der Waals surface area contributed by atoms with Crippen molar-refractivity contribution < 1.29 is 19.5 Å². The number of nitrogens with one attached hydrogen (secondary N) is 1. The molecule has 1 aliphatic heterocycles. The lowest BCUT2D eigenvalue weighted by molar-refractivity contribution is -0.144. The molecule has 1 aromatic rings. The molecule has 0 bridgehead atoms. The molecular weight excluding hydrogens is 240 g/mol. The average Bonchev–Trinajstić information content (AvgIpc) is 2.38. The number of aromatic nitrogens is 2. The molecule has 94 valence electrons. The number of nitrogens with zero attached hydrogens (tertiary/aromatic N) is 3. The predicted molar refractivity (Wildman–Crippen MR) is 57.5 cm³/mol. The van der Waals surface area contributed by atoms with Gasteiger partial charge in [-0.1, -0.05) is 0 Å². The van der Waals surface area contributed by atoms with Gasteiger partial charge in [-0.05, 0) is 0 Å². The lowest BCUT2D eigenvalue weighted by Crippen LogP contribution is -2.59. The summed E-state index contributed by atoms with van der Waals surface area (Å²) in [5.74, 6) is -2.19. The third-order valence-electron chi connectivity index (χ3n) is 2.51. The summed E-state index contributed by atoms with van der Waals surface area (Å²) in [7, 11) is 0. The molecule has 2 rings (SSSR count). The summed E-state index contributed by atoms with van der Waals surface area (Å²) in [6, 6.07) is -1.09. The molecule has 1 saturated heterocycles. The van der Waals surface area contributed by atoms with Crippen LogP contribution in [0.3, 0.4) is 0 Å². The van der Waals surface area contributed by atoms with Crippen LogP contribution in [0.1, 0.15) is 10.5 Å². The first-order valence-electron chi connectivity index (χ1n) is 5.16. The van der Waals surface area contributed by atoms with Crippen molar-refractivity contribution in [2.75, 3.05) is 13.1 Å². The van der Waals surface area contributed by atoms with Crippen molar-refractivity contribution in [2.45, 2.75) is 6.04 Å². The Kier molecular flexibility index (Phi) is 3.18. The van der Waals surface area contributed by atoms with E-state index in [9.17, 15) is 14.4 Å². The molecule has 8 nitrogen and oxygen atoms in total. The molecule has 0 radical (unpaired) electrons. The summed E-state index contributed by atoms with van der Waals surface area (Å²) in [5, 5.41) is 11.4. The molecule has 0 aliphatic carbocycles. The quantitative estimate of drug-likeness (QED) is 0.660. The van der Waals surface area contributed by atoms with Gasteiger partial charge in [-0.25, -0.2) is 9.78 Å². The van der Waals surface area contributed by atoms with Crippen molar-refractivity contribution in [1.82, 2.24) is 20.2 Å². The average molecular weight is 250 g/mol. The third kappa shape index (κ3) is 2.26. The molecule has 2 N–H and O–H groups in total. The molecule has 18 heavy (non-hydrogen) atoms. The van der Waals surface area contributed by atoms with Crippen LogP contribution in [0.25, 0.3) is 0 Å². The zero-order valence-corrected chi connectivity index (χ0v) is 9.24. The Morgan fingerprint density at radius 3 is 2.83 bits per heavy atom. The highest BCUT2D eigenvalue weighted by Crippen LogP contribution is 2.09. The molecule has 1 aliphatic rings. The molecule has 2 heterocycles. The molecule has 0 saturated carbocycles. The highest BCUT2D eigenvalue weighted by Gasteiger charge is 2.36. The topological polar surface area (TPSA) is 112 Å². The molecule has 1 fully saturated rings. The second-order valence-corrected chi connectivity index (χ2v) is 3.68. The van der Waals surface area contributed by atoms with Gasteiger partial charge >= 0.3 is 5.97 Å². The van der Waals surface area contributed by atoms with E-state index in [1.807, 2.05) is 0 Å². The Morgan fingerprint density at radius 2 is 2.22 bits per heavy atom. The van der Waals surface area contributed by atoms with E-state index in [-0.39, 0.29) is 18.8 Å².